The molecule has 1 N–H and O–H groups in total. The summed E-state index contributed by atoms with van der Waals surface area (Å²) >= 11 is 0. The molecule has 0 fully saturated rings. The van der Waals surface area contributed by atoms with Gasteiger partial charge in [-0.1, -0.05) is 41.5 Å². The Labute approximate surface area is 139 Å². The van der Waals surface area contributed by atoms with Gasteiger partial charge in [0.05, 0.1) is 11.3 Å². The van der Waals surface area contributed by atoms with Crippen molar-refractivity contribution in [2.45, 2.75) is 66.2 Å². The lowest BCUT2D eigenvalue weighted by atomic mass is 9.76. The highest BCUT2D eigenvalue weighted by Crippen LogP contribution is 2.41. The first kappa shape index (κ1) is 17.7. The molecule has 1 amide bonds. The lowest BCUT2D eigenvalue weighted by molar-refractivity contribution is -0.112. The molecule has 1 heterocycles. The number of benzene rings is 1. The molecule has 2 rings (SSSR count). The molecule has 1 aromatic carbocycles. The number of rotatable bonds is 6. The van der Waals surface area contributed by atoms with Crippen LogP contribution in [0.15, 0.2) is 12.1 Å². The minimum absolute atomic E-state index is 0.399. The molecule has 126 valence electrons. The van der Waals surface area contributed by atoms with Gasteiger partial charge in [-0.2, -0.15) is 0 Å². The SMILES string of the molecule is CCC(c1cc2c(cc1C(CC)C(C)C)C(=O)C(=O)N2)C(C)C. The quantitative estimate of drug-likeness (QED) is 0.740. The maximum absolute atomic E-state index is 12.1. The number of Topliss-reactive ketones (excluding diaryl/α,β-unsaturated/α-hetero) is 1. The number of amides is 1. The van der Waals surface area contributed by atoms with Gasteiger partial charge in [0.2, 0.25) is 0 Å². The molecule has 3 nitrogen and oxygen atoms in total. The van der Waals surface area contributed by atoms with Gasteiger partial charge in [0, 0.05) is 0 Å². The van der Waals surface area contributed by atoms with Crippen LogP contribution in [-0.2, 0) is 4.79 Å². The summed E-state index contributed by atoms with van der Waals surface area (Å²) in [4.78, 5) is 23.8. The Morgan fingerprint density at radius 3 is 1.78 bits per heavy atom. The molecule has 1 aliphatic heterocycles. The summed E-state index contributed by atoms with van der Waals surface area (Å²) in [6.07, 6.45) is 2.09. The molecular formula is C20H29NO2. The van der Waals surface area contributed by atoms with Gasteiger partial charge in [0.15, 0.2) is 0 Å². The molecule has 1 aromatic rings. The van der Waals surface area contributed by atoms with Crippen LogP contribution in [0.5, 0.6) is 0 Å². The number of ketones is 1. The van der Waals surface area contributed by atoms with Gasteiger partial charge in [0.25, 0.3) is 11.7 Å². The van der Waals surface area contributed by atoms with Crippen molar-refractivity contribution in [3.8, 4) is 0 Å². The van der Waals surface area contributed by atoms with E-state index in [-0.39, 0.29) is 0 Å². The topological polar surface area (TPSA) is 46.2 Å². The summed E-state index contributed by atoms with van der Waals surface area (Å²) in [7, 11) is 0. The van der Waals surface area contributed by atoms with E-state index in [2.05, 4.69) is 52.9 Å². The third-order valence-corrected chi connectivity index (χ3v) is 5.21. The summed E-state index contributed by atoms with van der Waals surface area (Å²) in [6.45, 7) is 13.3. The Bertz CT molecular complexity index is 616. The predicted octanol–water partition coefficient (Wildman–Crippen LogP) is 5.12. The standard InChI is InChI=1S/C20H29NO2/c1-7-13(11(3)4)15-9-17-18(21-20(23)19(17)22)10-16(15)14(8-2)12(5)6/h9-14H,7-8H2,1-6H3,(H,21,22,23). The lowest BCUT2D eigenvalue weighted by Crippen LogP contribution is -2.15. The molecule has 0 saturated carbocycles. The van der Waals surface area contributed by atoms with Crippen molar-refractivity contribution in [1.82, 2.24) is 0 Å². The highest BCUT2D eigenvalue weighted by Gasteiger charge is 2.32. The van der Waals surface area contributed by atoms with Gasteiger partial charge in [-0.05, 0) is 59.8 Å². The highest BCUT2D eigenvalue weighted by molar-refractivity contribution is 6.51. The number of hydrogen-bond donors (Lipinski definition) is 1. The van der Waals surface area contributed by atoms with E-state index in [1.54, 1.807) is 0 Å². The van der Waals surface area contributed by atoms with Gasteiger partial charge in [0.1, 0.15) is 0 Å². The van der Waals surface area contributed by atoms with Gasteiger partial charge in [-0.3, -0.25) is 9.59 Å². The van der Waals surface area contributed by atoms with Gasteiger partial charge in [-0.25, -0.2) is 0 Å². The molecule has 1 aliphatic rings. The molecule has 23 heavy (non-hydrogen) atoms. The molecule has 3 heteroatoms. The van der Waals surface area contributed by atoms with Crippen molar-refractivity contribution in [2.75, 3.05) is 5.32 Å². The summed E-state index contributed by atoms with van der Waals surface area (Å²) in [5.41, 5.74) is 3.80. The Kier molecular flexibility index (Phi) is 5.28. The van der Waals surface area contributed by atoms with Crippen LogP contribution in [0.25, 0.3) is 0 Å². The van der Waals surface area contributed by atoms with E-state index >= 15 is 0 Å². The zero-order chi connectivity index (χ0) is 17.3. The van der Waals surface area contributed by atoms with E-state index in [4.69, 9.17) is 0 Å². The molecular weight excluding hydrogens is 286 g/mol. The third-order valence-electron chi connectivity index (χ3n) is 5.21. The second-order valence-corrected chi connectivity index (χ2v) is 7.33. The van der Waals surface area contributed by atoms with Crippen LogP contribution in [0.2, 0.25) is 0 Å². The Morgan fingerprint density at radius 1 is 0.870 bits per heavy atom. The zero-order valence-electron chi connectivity index (χ0n) is 15.2. The van der Waals surface area contributed by atoms with E-state index in [0.717, 1.165) is 12.8 Å². The van der Waals surface area contributed by atoms with Gasteiger partial charge < -0.3 is 5.32 Å². The Balaban J connectivity index is 2.66. The summed E-state index contributed by atoms with van der Waals surface area (Å²) in [5.74, 6) is 0.973. The van der Waals surface area contributed by atoms with E-state index in [1.807, 2.05) is 6.07 Å². The monoisotopic (exact) mass is 315 g/mol. The summed E-state index contributed by atoms with van der Waals surface area (Å²) < 4.78 is 0. The van der Waals surface area contributed by atoms with E-state index < -0.39 is 11.7 Å². The molecule has 0 aliphatic carbocycles. The smallest absolute Gasteiger partial charge is 0.296 e. The molecule has 0 bridgehead atoms. The molecule has 0 radical (unpaired) electrons. The third kappa shape index (κ3) is 3.19. The van der Waals surface area contributed by atoms with Crippen LogP contribution in [0.4, 0.5) is 5.69 Å². The van der Waals surface area contributed by atoms with Crippen molar-refractivity contribution in [2.24, 2.45) is 11.8 Å². The van der Waals surface area contributed by atoms with Gasteiger partial charge >= 0.3 is 0 Å². The average Bonchev–Trinajstić information content (AvgIpc) is 2.75. The van der Waals surface area contributed by atoms with Crippen molar-refractivity contribution < 1.29 is 9.59 Å². The maximum atomic E-state index is 12.1. The van der Waals surface area contributed by atoms with Crippen LogP contribution in [0.3, 0.4) is 0 Å². The summed E-state index contributed by atoms with van der Waals surface area (Å²) in [6, 6.07) is 4.05. The van der Waals surface area contributed by atoms with Crippen LogP contribution in [0.1, 0.15) is 87.7 Å². The van der Waals surface area contributed by atoms with Crippen LogP contribution >= 0.6 is 0 Å². The molecule has 2 atom stereocenters. The second kappa shape index (κ2) is 6.86. The fourth-order valence-electron chi connectivity index (χ4n) is 3.97. The maximum Gasteiger partial charge on any atom is 0.296 e. The fraction of sp³-hybridized carbons (Fsp3) is 0.600. The minimum Gasteiger partial charge on any atom is -0.318 e. The predicted molar refractivity (Wildman–Crippen MR) is 95.1 cm³/mol. The van der Waals surface area contributed by atoms with Crippen molar-refractivity contribution in [3.63, 3.8) is 0 Å². The van der Waals surface area contributed by atoms with Crippen LogP contribution in [-0.4, -0.2) is 11.7 Å². The number of carbonyl (C=O) groups is 2. The lowest BCUT2D eigenvalue weighted by Gasteiger charge is -2.29. The molecule has 0 aromatic heterocycles. The molecule has 0 saturated heterocycles. The number of carbonyl (C=O) groups excluding carboxylic acids is 2. The molecule has 2 unspecified atom stereocenters. The van der Waals surface area contributed by atoms with Crippen molar-refractivity contribution >= 4 is 17.4 Å². The first-order valence-electron chi connectivity index (χ1n) is 8.85. The largest absolute Gasteiger partial charge is 0.318 e. The summed E-state index contributed by atoms with van der Waals surface area (Å²) in [5, 5.41) is 2.73. The van der Waals surface area contributed by atoms with Gasteiger partial charge in [-0.15, -0.1) is 0 Å². The number of anilines is 1. The average molecular weight is 315 g/mol. The number of fused-ring (bicyclic) bond motifs is 1. The van der Waals surface area contributed by atoms with E-state index in [0.29, 0.717) is 34.9 Å². The fourth-order valence-corrected chi connectivity index (χ4v) is 3.97. The molecule has 0 spiro atoms. The Hall–Kier alpha value is -1.64. The van der Waals surface area contributed by atoms with E-state index in [1.165, 1.54) is 11.1 Å². The minimum atomic E-state index is -0.502. The van der Waals surface area contributed by atoms with Crippen LogP contribution < -0.4 is 5.32 Å². The first-order valence-corrected chi connectivity index (χ1v) is 8.85. The number of nitrogens with one attached hydrogen (secondary N) is 1. The highest BCUT2D eigenvalue weighted by atomic mass is 16.2. The Morgan fingerprint density at radius 2 is 1.35 bits per heavy atom. The van der Waals surface area contributed by atoms with Crippen molar-refractivity contribution in [1.29, 1.82) is 0 Å². The first-order chi connectivity index (χ1) is 10.8. The normalized spacial score (nSPS) is 16.7. The zero-order valence-corrected chi connectivity index (χ0v) is 15.2. The van der Waals surface area contributed by atoms with Crippen molar-refractivity contribution in [3.05, 3.63) is 28.8 Å². The van der Waals surface area contributed by atoms with Crippen LogP contribution in [0, 0.1) is 11.8 Å². The number of hydrogen-bond acceptors (Lipinski definition) is 2. The van der Waals surface area contributed by atoms with E-state index in [9.17, 15) is 9.59 Å². The second-order valence-electron chi connectivity index (χ2n) is 7.33.